The van der Waals surface area contributed by atoms with Gasteiger partial charge in [-0.3, -0.25) is 13.9 Å². The van der Waals surface area contributed by atoms with Gasteiger partial charge >= 0.3 is 0 Å². The van der Waals surface area contributed by atoms with Crippen molar-refractivity contribution in [3.05, 3.63) is 54.1 Å². The number of rotatable bonds is 13. The van der Waals surface area contributed by atoms with Crippen molar-refractivity contribution < 1.29 is 27.5 Å². The number of carbonyl (C=O) groups is 2. The highest BCUT2D eigenvalue weighted by atomic mass is 32.2. The Hall–Kier alpha value is -3.27. The molecule has 0 aliphatic carbocycles. The van der Waals surface area contributed by atoms with Crippen LogP contribution >= 0.6 is 0 Å². The molecule has 1 N–H and O–H groups in total. The minimum absolute atomic E-state index is 0.0777. The van der Waals surface area contributed by atoms with Crippen molar-refractivity contribution in [2.75, 3.05) is 37.9 Å². The Morgan fingerprint density at radius 1 is 1.09 bits per heavy atom. The van der Waals surface area contributed by atoms with Gasteiger partial charge in [0.25, 0.3) is 0 Å². The highest BCUT2D eigenvalue weighted by Gasteiger charge is 2.26. The van der Waals surface area contributed by atoms with Gasteiger partial charge in [-0.25, -0.2) is 8.42 Å². The lowest BCUT2D eigenvalue weighted by molar-refractivity contribution is -0.140. The number of ether oxygens (including phenoxy) is 2. The lowest BCUT2D eigenvalue weighted by atomic mass is 10.1. The minimum Gasteiger partial charge on any atom is -0.497 e. The molecule has 9 nitrogen and oxygen atoms in total. The fraction of sp³-hybridized carbons (Fsp3) is 0.440. The number of likely N-dealkylation sites (N-methyl/N-ethyl adjacent to an activating group) is 1. The van der Waals surface area contributed by atoms with Crippen LogP contribution in [0.15, 0.2) is 48.5 Å². The van der Waals surface area contributed by atoms with Crippen LogP contribution in [0.4, 0.5) is 5.69 Å². The summed E-state index contributed by atoms with van der Waals surface area (Å²) in [5, 5.41) is 2.58. The molecule has 0 saturated heterocycles. The predicted molar refractivity (Wildman–Crippen MR) is 136 cm³/mol. The van der Waals surface area contributed by atoms with Crippen molar-refractivity contribution >= 4 is 27.5 Å². The van der Waals surface area contributed by atoms with Crippen LogP contribution in [0.25, 0.3) is 0 Å². The van der Waals surface area contributed by atoms with E-state index in [1.54, 1.807) is 44.4 Å². The molecule has 192 valence electrons. The zero-order valence-electron chi connectivity index (χ0n) is 21.0. The molecule has 2 aromatic rings. The number of nitrogens with one attached hydrogen (secondary N) is 1. The Balaban J connectivity index is 2.14. The van der Waals surface area contributed by atoms with Crippen LogP contribution in [-0.4, -0.2) is 64.7 Å². The summed E-state index contributed by atoms with van der Waals surface area (Å²) in [6.45, 7) is 4.40. The zero-order chi connectivity index (χ0) is 26.0. The second kappa shape index (κ2) is 13.0. The molecule has 0 radical (unpaired) electrons. The first-order valence-corrected chi connectivity index (χ1v) is 13.3. The molecule has 0 heterocycles. The summed E-state index contributed by atoms with van der Waals surface area (Å²) in [5.74, 6) is 0.773. The van der Waals surface area contributed by atoms with Crippen molar-refractivity contribution in [3.63, 3.8) is 0 Å². The maximum Gasteiger partial charge on any atom is 0.242 e. The Bertz CT molecular complexity index is 1090. The topological polar surface area (TPSA) is 105 Å². The molecule has 2 rings (SSSR count). The van der Waals surface area contributed by atoms with Gasteiger partial charge in [0.15, 0.2) is 0 Å². The third-order valence-electron chi connectivity index (χ3n) is 5.49. The van der Waals surface area contributed by atoms with Crippen LogP contribution in [0.5, 0.6) is 11.5 Å². The van der Waals surface area contributed by atoms with E-state index in [-0.39, 0.29) is 37.7 Å². The number of sulfonamides is 1. The lowest BCUT2D eigenvalue weighted by Crippen LogP contribution is -2.46. The Kier molecular flexibility index (Phi) is 10.4. The maximum atomic E-state index is 13.2. The van der Waals surface area contributed by atoms with Gasteiger partial charge in [0.2, 0.25) is 21.8 Å². The minimum atomic E-state index is -3.56. The molecule has 1 atom stereocenters. The Morgan fingerprint density at radius 3 is 2.34 bits per heavy atom. The SMILES string of the molecule is CCOc1ccc(N(CCCC(=O)N(Cc2cccc(OC)c2)[C@@H](C)C(=O)NC)S(C)(=O)=O)cc1. The van der Waals surface area contributed by atoms with Crippen LogP contribution in [0.1, 0.15) is 32.3 Å². The van der Waals surface area contributed by atoms with Gasteiger partial charge in [-0.05, 0) is 62.2 Å². The number of carbonyl (C=O) groups excluding carboxylic acids is 2. The van der Waals surface area contributed by atoms with Gasteiger partial charge in [-0.15, -0.1) is 0 Å². The van der Waals surface area contributed by atoms with Gasteiger partial charge in [0.05, 0.1) is 25.7 Å². The van der Waals surface area contributed by atoms with Crippen molar-refractivity contribution in [1.82, 2.24) is 10.2 Å². The quantitative estimate of drug-likeness (QED) is 0.449. The molecular formula is C25H35N3O6S. The number of methoxy groups -OCH3 is 1. The number of anilines is 1. The number of hydrogen-bond acceptors (Lipinski definition) is 6. The summed E-state index contributed by atoms with van der Waals surface area (Å²) >= 11 is 0. The van der Waals surface area contributed by atoms with Crippen LogP contribution in [0, 0.1) is 0 Å². The van der Waals surface area contributed by atoms with Gasteiger partial charge < -0.3 is 19.7 Å². The Morgan fingerprint density at radius 2 is 1.77 bits per heavy atom. The fourth-order valence-electron chi connectivity index (χ4n) is 3.64. The van der Waals surface area contributed by atoms with Gasteiger partial charge in [-0.1, -0.05) is 12.1 Å². The first-order valence-electron chi connectivity index (χ1n) is 11.4. The second-order valence-corrected chi connectivity index (χ2v) is 9.94. The van der Waals surface area contributed by atoms with E-state index in [2.05, 4.69) is 5.32 Å². The van der Waals surface area contributed by atoms with E-state index in [1.165, 1.54) is 16.3 Å². The van der Waals surface area contributed by atoms with Crippen LogP contribution in [0.2, 0.25) is 0 Å². The first kappa shape index (κ1) is 28.0. The van der Waals surface area contributed by atoms with Crippen molar-refractivity contribution in [1.29, 1.82) is 0 Å². The smallest absolute Gasteiger partial charge is 0.242 e. The third-order valence-corrected chi connectivity index (χ3v) is 6.68. The Labute approximate surface area is 208 Å². The normalized spacial score (nSPS) is 11.9. The number of benzene rings is 2. The zero-order valence-corrected chi connectivity index (χ0v) is 21.8. The molecule has 10 heteroatoms. The van der Waals surface area contributed by atoms with E-state index in [0.29, 0.717) is 23.8 Å². The summed E-state index contributed by atoms with van der Waals surface area (Å²) in [6.07, 6.45) is 1.50. The average molecular weight is 506 g/mol. The summed E-state index contributed by atoms with van der Waals surface area (Å²) in [4.78, 5) is 27.0. The van der Waals surface area contributed by atoms with Crippen molar-refractivity contribution in [2.24, 2.45) is 0 Å². The molecule has 0 fully saturated rings. The summed E-state index contributed by atoms with van der Waals surface area (Å²) in [5.41, 5.74) is 1.32. The van der Waals surface area contributed by atoms with E-state index in [1.807, 2.05) is 25.1 Å². The second-order valence-electron chi connectivity index (χ2n) is 8.03. The predicted octanol–water partition coefficient (Wildman–Crippen LogP) is 2.80. The molecule has 0 aromatic heterocycles. The summed E-state index contributed by atoms with van der Waals surface area (Å²) in [6, 6.07) is 13.4. The van der Waals surface area contributed by atoms with Gasteiger partial charge in [0, 0.05) is 26.6 Å². The summed E-state index contributed by atoms with van der Waals surface area (Å²) in [7, 11) is -0.477. The number of hydrogen-bond donors (Lipinski definition) is 1. The van der Waals surface area contributed by atoms with E-state index in [0.717, 1.165) is 11.8 Å². The third kappa shape index (κ3) is 8.17. The monoisotopic (exact) mass is 505 g/mol. The first-order chi connectivity index (χ1) is 16.6. The van der Waals surface area contributed by atoms with E-state index >= 15 is 0 Å². The molecule has 0 aliphatic rings. The van der Waals surface area contributed by atoms with E-state index in [9.17, 15) is 18.0 Å². The molecular weight excluding hydrogens is 470 g/mol. The number of amides is 2. The summed E-state index contributed by atoms with van der Waals surface area (Å²) < 4.78 is 36.8. The van der Waals surface area contributed by atoms with Gasteiger partial charge in [0.1, 0.15) is 17.5 Å². The number of nitrogens with zero attached hydrogens (tertiary/aromatic N) is 2. The average Bonchev–Trinajstić information content (AvgIpc) is 2.84. The molecule has 0 unspecified atom stereocenters. The van der Waals surface area contributed by atoms with E-state index in [4.69, 9.17) is 9.47 Å². The van der Waals surface area contributed by atoms with Gasteiger partial charge in [-0.2, -0.15) is 0 Å². The molecule has 35 heavy (non-hydrogen) atoms. The molecule has 0 spiro atoms. The highest BCUT2D eigenvalue weighted by Crippen LogP contribution is 2.23. The largest absolute Gasteiger partial charge is 0.497 e. The van der Waals surface area contributed by atoms with Crippen molar-refractivity contribution in [2.45, 2.75) is 39.3 Å². The molecule has 0 bridgehead atoms. The van der Waals surface area contributed by atoms with Crippen LogP contribution in [-0.2, 0) is 26.2 Å². The van der Waals surface area contributed by atoms with Crippen molar-refractivity contribution in [3.8, 4) is 11.5 Å². The highest BCUT2D eigenvalue weighted by molar-refractivity contribution is 7.92. The standard InChI is InChI=1S/C25H35N3O6S/c1-6-34-22-14-12-21(13-15-22)28(35(5,31)32)16-8-11-24(29)27(19(2)25(30)26-3)18-20-9-7-10-23(17-20)33-4/h7,9-10,12-15,17,19H,6,8,11,16,18H2,1-5H3,(H,26,30)/t19-/m0/s1. The maximum absolute atomic E-state index is 13.2. The molecule has 2 aromatic carbocycles. The van der Waals surface area contributed by atoms with E-state index < -0.39 is 16.1 Å². The van der Waals surface area contributed by atoms with Crippen LogP contribution in [0.3, 0.4) is 0 Å². The molecule has 0 aliphatic heterocycles. The van der Waals surface area contributed by atoms with Crippen LogP contribution < -0.4 is 19.1 Å². The molecule has 2 amide bonds. The molecule has 0 saturated carbocycles. The fourth-order valence-corrected chi connectivity index (χ4v) is 4.60. The lowest BCUT2D eigenvalue weighted by Gasteiger charge is -2.29.